The summed E-state index contributed by atoms with van der Waals surface area (Å²) in [6.45, 7) is 5.65. The SMILES string of the molecule is CC1C(N)CCN(C)C1C. The zero-order valence-corrected chi connectivity index (χ0v) is 7.17. The molecule has 0 aromatic heterocycles. The first-order chi connectivity index (χ1) is 4.63. The largest absolute Gasteiger partial charge is 0.327 e. The molecule has 1 heterocycles. The van der Waals surface area contributed by atoms with Crippen LogP contribution in [0.1, 0.15) is 20.3 Å². The molecule has 0 amide bonds. The molecule has 0 bridgehead atoms. The van der Waals surface area contributed by atoms with Crippen molar-refractivity contribution in [2.75, 3.05) is 13.6 Å². The van der Waals surface area contributed by atoms with E-state index in [9.17, 15) is 0 Å². The van der Waals surface area contributed by atoms with Gasteiger partial charge in [0.05, 0.1) is 0 Å². The van der Waals surface area contributed by atoms with Crippen LogP contribution in [0.5, 0.6) is 0 Å². The van der Waals surface area contributed by atoms with Gasteiger partial charge in [-0.15, -0.1) is 0 Å². The topological polar surface area (TPSA) is 29.3 Å². The molecule has 0 spiro atoms. The Balaban J connectivity index is 2.52. The maximum atomic E-state index is 5.90. The first-order valence-corrected chi connectivity index (χ1v) is 4.08. The molecule has 3 atom stereocenters. The molecule has 10 heavy (non-hydrogen) atoms. The predicted octanol–water partition coefficient (Wildman–Crippen LogP) is 0.674. The average molecular weight is 142 g/mol. The summed E-state index contributed by atoms with van der Waals surface area (Å²) in [7, 11) is 2.17. The van der Waals surface area contributed by atoms with Gasteiger partial charge in [-0.3, -0.25) is 0 Å². The Labute approximate surface area is 63.4 Å². The van der Waals surface area contributed by atoms with Crippen LogP contribution >= 0.6 is 0 Å². The maximum Gasteiger partial charge on any atom is 0.0104 e. The molecule has 1 saturated heterocycles. The monoisotopic (exact) mass is 142 g/mol. The third-order valence-electron chi connectivity index (χ3n) is 2.95. The maximum absolute atomic E-state index is 5.90. The van der Waals surface area contributed by atoms with Crippen LogP contribution in [0, 0.1) is 5.92 Å². The van der Waals surface area contributed by atoms with Crippen LogP contribution in [0.4, 0.5) is 0 Å². The molecule has 0 radical (unpaired) electrons. The minimum absolute atomic E-state index is 0.422. The molecule has 0 aliphatic carbocycles. The molecule has 1 fully saturated rings. The number of likely N-dealkylation sites (tertiary alicyclic amines) is 1. The second-order valence-corrected chi connectivity index (χ2v) is 3.53. The first-order valence-electron chi connectivity index (χ1n) is 4.08. The van der Waals surface area contributed by atoms with E-state index in [2.05, 4.69) is 25.8 Å². The predicted molar refractivity (Wildman–Crippen MR) is 43.8 cm³/mol. The zero-order valence-electron chi connectivity index (χ0n) is 7.17. The average Bonchev–Trinajstić information content (AvgIpc) is 1.93. The van der Waals surface area contributed by atoms with Crippen LogP contribution < -0.4 is 5.73 Å². The quantitative estimate of drug-likeness (QED) is 0.539. The summed E-state index contributed by atoms with van der Waals surface area (Å²) in [5, 5.41) is 0. The van der Waals surface area contributed by atoms with Crippen LogP contribution in [-0.4, -0.2) is 30.6 Å². The van der Waals surface area contributed by atoms with E-state index in [1.165, 1.54) is 0 Å². The van der Waals surface area contributed by atoms with Gasteiger partial charge in [0.25, 0.3) is 0 Å². The summed E-state index contributed by atoms with van der Waals surface area (Å²) in [6, 6.07) is 1.08. The Hall–Kier alpha value is -0.0800. The molecule has 3 unspecified atom stereocenters. The lowest BCUT2D eigenvalue weighted by molar-refractivity contribution is 0.126. The Bertz CT molecular complexity index is 99.8. The molecular formula is C8H18N2. The van der Waals surface area contributed by atoms with Gasteiger partial charge >= 0.3 is 0 Å². The van der Waals surface area contributed by atoms with Crippen molar-refractivity contribution < 1.29 is 0 Å². The molecule has 0 aromatic carbocycles. The molecule has 0 saturated carbocycles. The Morgan fingerprint density at radius 1 is 1.40 bits per heavy atom. The van der Waals surface area contributed by atoms with Crippen molar-refractivity contribution in [3.63, 3.8) is 0 Å². The van der Waals surface area contributed by atoms with Gasteiger partial charge in [-0.1, -0.05) is 6.92 Å². The Morgan fingerprint density at radius 2 is 2.00 bits per heavy atom. The lowest BCUT2D eigenvalue weighted by atomic mass is 9.88. The van der Waals surface area contributed by atoms with E-state index in [0.717, 1.165) is 13.0 Å². The number of hydrogen-bond acceptors (Lipinski definition) is 2. The summed E-state index contributed by atoms with van der Waals surface area (Å²) in [5.74, 6) is 0.652. The standard InChI is InChI=1S/C8H18N2/c1-6-7(2)10(3)5-4-8(6)9/h6-8H,4-5,9H2,1-3H3. The summed E-state index contributed by atoms with van der Waals surface area (Å²) in [6.07, 6.45) is 1.15. The van der Waals surface area contributed by atoms with E-state index in [1.807, 2.05) is 0 Å². The van der Waals surface area contributed by atoms with Crippen molar-refractivity contribution in [2.45, 2.75) is 32.4 Å². The number of rotatable bonds is 0. The smallest absolute Gasteiger partial charge is 0.0104 e. The number of hydrogen-bond donors (Lipinski definition) is 1. The molecule has 0 aromatic rings. The third kappa shape index (κ3) is 1.32. The molecule has 2 N–H and O–H groups in total. The van der Waals surface area contributed by atoms with Crippen molar-refractivity contribution in [1.29, 1.82) is 0 Å². The van der Waals surface area contributed by atoms with Crippen LogP contribution in [0.25, 0.3) is 0 Å². The summed E-state index contributed by atoms with van der Waals surface area (Å²) in [4.78, 5) is 2.38. The zero-order chi connectivity index (χ0) is 7.72. The van der Waals surface area contributed by atoms with E-state index in [4.69, 9.17) is 5.73 Å². The molecule has 1 rings (SSSR count). The first kappa shape index (κ1) is 8.02. The molecular weight excluding hydrogens is 124 g/mol. The lowest BCUT2D eigenvalue weighted by Crippen LogP contribution is -2.49. The van der Waals surface area contributed by atoms with Gasteiger partial charge in [0, 0.05) is 12.1 Å². The van der Waals surface area contributed by atoms with Crippen LogP contribution in [0.3, 0.4) is 0 Å². The van der Waals surface area contributed by atoms with Gasteiger partial charge in [-0.25, -0.2) is 0 Å². The van der Waals surface area contributed by atoms with Gasteiger partial charge < -0.3 is 10.6 Å². The van der Waals surface area contributed by atoms with Crippen LogP contribution in [0.15, 0.2) is 0 Å². The van der Waals surface area contributed by atoms with E-state index in [-0.39, 0.29) is 0 Å². The molecule has 60 valence electrons. The van der Waals surface area contributed by atoms with E-state index in [0.29, 0.717) is 18.0 Å². The second-order valence-electron chi connectivity index (χ2n) is 3.53. The summed E-state index contributed by atoms with van der Waals surface area (Å²) >= 11 is 0. The highest BCUT2D eigenvalue weighted by molar-refractivity contribution is 4.84. The molecule has 1 aliphatic rings. The third-order valence-corrected chi connectivity index (χ3v) is 2.95. The van der Waals surface area contributed by atoms with E-state index >= 15 is 0 Å². The summed E-state index contributed by atoms with van der Waals surface area (Å²) < 4.78 is 0. The van der Waals surface area contributed by atoms with Crippen molar-refractivity contribution >= 4 is 0 Å². The van der Waals surface area contributed by atoms with Gasteiger partial charge in [-0.05, 0) is 32.9 Å². The van der Waals surface area contributed by atoms with Gasteiger partial charge in [0.2, 0.25) is 0 Å². The number of nitrogens with zero attached hydrogens (tertiary/aromatic N) is 1. The minimum atomic E-state index is 0.422. The molecule has 1 aliphatic heterocycles. The van der Waals surface area contributed by atoms with Crippen molar-refractivity contribution in [3.05, 3.63) is 0 Å². The second kappa shape index (κ2) is 2.89. The Kier molecular flexibility index (Phi) is 2.32. The van der Waals surface area contributed by atoms with Crippen molar-refractivity contribution in [1.82, 2.24) is 4.90 Å². The van der Waals surface area contributed by atoms with Gasteiger partial charge in [-0.2, -0.15) is 0 Å². The van der Waals surface area contributed by atoms with Crippen molar-refractivity contribution in [3.8, 4) is 0 Å². The minimum Gasteiger partial charge on any atom is -0.327 e. The highest BCUT2D eigenvalue weighted by atomic mass is 15.1. The highest BCUT2D eigenvalue weighted by Gasteiger charge is 2.27. The fourth-order valence-corrected chi connectivity index (χ4v) is 1.58. The van der Waals surface area contributed by atoms with Gasteiger partial charge in [0.1, 0.15) is 0 Å². The summed E-state index contributed by atoms with van der Waals surface area (Å²) in [5.41, 5.74) is 5.90. The molecule has 2 heteroatoms. The van der Waals surface area contributed by atoms with Crippen LogP contribution in [-0.2, 0) is 0 Å². The van der Waals surface area contributed by atoms with E-state index in [1.54, 1.807) is 0 Å². The van der Waals surface area contributed by atoms with Crippen LogP contribution in [0.2, 0.25) is 0 Å². The highest BCUT2D eigenvalue weighted by Crippen LogP contribution is 2.19. The van der Waals surface area contributed by atoms with E-state index < -0.39 is 0 Å². The fourth-order valence-electron chi connectivity index (χ4n) is 1.58. The fraction of sp³-hybridized carbons (Fsp3) is 1.00. The normalized spacial score (nSPS) is 43.8. The lowest BCUT2D eigenvalue weighted by Gasteiger charge is -2.39. The van der Waals surface area contributed by atoms with Crippen molar-refractivity contribution in [2.24, 2.45) is 11.7 Å². The molecule has 2 nitrogen and oxygen atoms in total. The Morgan fingerprint density at radius 3 is 2.50 bits per heavy atom. The van der Waals surface area contributed by atoms with Gasteiger partial charge in [0.15, 0.2) is 0 Å². The number of nitrogens with two attached hydrogens (primary N) is 1. The number of piperidine rings is 1.